The topological polar surface area (TPSA) is 28.3 Å². The molecule has 2 aliphatic rings. The Labute approximate surface area is 99.9 Å². The van der Waals surface area contributed by atoms with Gasteiger partial charge in [0.25, 0.3) is 0 Å². The zero-order valence-corrected chi connectivity index (χ0v) is 9.69. The highest BCUT2D eigenvalue weighted by atomic mass is 35.5. The second-order valence-corrected chi connectivity index (χ2v) is 4.73. The van der Waals surface area contributed by atoms with E-state index >= 15 is 0 Å². The fraction of sp³-hybridized carbons (Fsp3) is 0.500. The van der Waals surface area contributed by atoms with E-state index < -0.39 is 0 Å². The van der Waals surface area contributed by atoms with Crippen LogP contribution < -0.4 is 4.90 Å². The monoisotopic (exact) mass is 239 g/mol. The molecule has 0 unspecified atom stereocenters. The lowest BCUT2D eigenvalue weighted by Gasteiger charge is -2.23. The molecule has 16 heavy (non-hydrogen) atoms. The fourth-order valence-corrected chi connectivity index (χ4v) is 1.98. The highest BCUT2D eigenvalue weighted by Gasteiger charge is 2.30. The maximum atomic E-state index is 6.00. The van der Waals surface area contributed by atoms with Crippen molar-refractivity contribution in [3.05, 3.63) is 29.3 Å². The smallest absolute Gasteiger partial charge is 0.0984 e. The molecule has 0 spiro atoms. The van der Waals surface area contributed by atoms with Crippen LogP contribution in [-0.4, -0.2) is 38.5 Å². The van der Waals surface area contributed by atoms with Crippen LogP contribution in [0.5, 0.6) is 0 Å². The molecular formula is C12H14ClNO2. The van der Waals surface area contributed by atoms with Gasteiger partial charge < -0.3 is 14.4 Å². The molecule has 1 aromatic carbocycles. The summed E-state index contributed by atoms with van der Waals surface area (Å²) in [5.74, 6) is 0. The second kappa shape index (κ2) is 4.24. The summed E-state index contributed by atoms with van der Waals surface area (Å²) in [6.07, 6.45) is 0.774. The Hall–Kier alpha value is -0.770. The summed E-state index contributed by atoms with van der Waals surface area (Å²) in [5.41, 5.74) is 1.15. The third-order valence-electron chi connectivity index (χ3n) is 2.83. The van der Waals surface area contributed by atoms with Crippen LogP contribution in [0, 0.1) is 0 Å². The van der Waals surface area contributed by atoms with E-state index in [0.29, 0.717) is 12.2 Å². The minimum Gasteiger partial charge on any atom is -0.371 e. The Morgan fingerprint density at radius 3 is 2.31 bits per heavy atom. The molecule has 0 saturated carbocycles. The van der Waals surface area contributed by atoms with E-state index in [9.17, 15) is 0 Å². The number of epoxide rings is 2. The van der Waals surface area contributed by atoms with Crippen molar-refractivity contribution in [3.8, 4) is 0 Å². The Bertz CT molecular complexity index is 363. The van der Waals surface area contributed by atoms with Crippen LogP contribution >= 0.6 is 11.6 Å². The summed E-state index contributed by atoms with van der Waals surface area (Å²) in [6.45, 7) is 3.62. The average Bonchev–Trinajstić information content (AvgIpc) is 3.11. The number of rotatable bonds is 5. The van der Waals surface area contributed by atoms with Gasteiger partial charge in [-0.05, 0) is 18.2 Å². The summed E-state index contributed by atoms with van der Waals surface area (Å²) in [4.78, 5) is 2.29. The molecule has 2 fully saturated rings. The third kappa shape index (κ3) is 2.67. The lowest BCUT2D eigenvalue weighted by molar-refractivity contribution is 0.389. The van der Waals surface area contributed by atoms with E-state index in [1.54, 1.807) is 0 Å². The highest BCUT2D eigenvalue weighted by Crippen LogP contribution is 2.24. The van der Waals surface area contributed by atoms with Gasteiger partial charge in [0.2, 0.25) is 0 Å². The molecule has 2 heterocycles. The van der Waals surface area contributed by atoms with Gasteiger partial charge in [0.1, 0.15) is 0 Å². The molecule has 0 amide bonds. The molecule has 2 atom stereocenters. The van der Waals surface area contributed by atoms with Gasteiger partial charge in [0, 0.05) is 23.8 Å². The van der Waals surface area contributed by atoms with Crippen LogP contribution in [0.3, 0.4) is 0 Å². The van der Waals surface area contributed by atoms with Gasteiger partial charge in [-0.15, -0.1) is 0 Å². The van der Waals surface area contributed by atoms with Crippen LogP contribution in [0.15, 0.2) is 24.3 Å². The van der Waals surface area contributed by atoms with Crippen molar-refractivity contribution in [2.24, 2.45) is 0 Å². The lowest BCUT2D eigenvalue weighted by atomic mass is 10.2. The summed E-state index contributed by atoms with van der Waals surface area (Å²) < 4.78 is 10.6. The van der Waals surface area contributed by atoms with E-state index in [-0.39, 0.29) is 0 Å². The number of halogens is 1. The normalized spacial score (nSPS) is 26.6. The number of ether oxygens (including phenoxy) is 2. The Morgan fingerprint density at radius 1 is 1.19 bits per heavy atom. The van der Waals surface area contributed by atoms with E-state index in [2.05, 4.69) is 11.0 Å². The predicted molar refractivity (Wildman–Crippen MR) is 63.1 cm³/mol. The van der Waals surface area contributed by atoms with Crippen LogP contribution in [0.2, 0.25) is 5.02 Å². The molecule has 2 aliphatic heterocycles. The Kier molecular flexibility index (Phi) is 2.75. The lowest BCUT2D eigenvalue weighted by Crippen LogP contribution is -2.31. The van der Waals surface area contributed by atoms with Gasteiger partial charge in [0.05, 0.1) is 25.4 Å². The van der Waals surface area contributed by atoms with Crippen molar-refractivity contribution < 1.29 is 9.47 Å². The number of nitrogens with zero attached hydrogens (tertiary/aromatic N) is 1. The van der Waals surface area contributed by atoms with E-state index in [4.69, 9.17) is 21.1 Å². The highest BCUT2D eigenvalue weighted by molar-refractivity contribution is 6.30. The zero-order chi connectivity index (χ0) is 11.0. The summed E-state index contributed by atoms with van der Waals surface area (Å²) in [7, 11) is 0. The van der Waals surface area contributed by atoms with Gasteiger partial charge in [-0.2, -0.15) is 0 Å². The minimum atomic E-state index is 0.387. The van der Waals surface area contributed by atoms with Gasteiger partial charge in [-0.25, -0.2) is 0 Å². The molecule has 3 rings (SSSR count). The van der Waals surface area contributed by atoms with E-state index in [0.717, 1.165) is 37.0 Å². The first-order valence-corrected chi connectivity index (χ1v) is 5.93. The molecule has 0 N–H and O–H groups in total. The molecule has 86 valence electrons. The van der Waals surface area contributed by atoms with Gasteiger partial charge >= 0.3 is 0 Å². The van der Waals surface area contributed by atoms with Gasteiger partial charge in [0.15, 0.2) is 0 Å². The quantitative estimate of drug-likeness (QED) is 0.736. The van der Waals surface area contributed by atoms with Crippen molar-refractivity contribution in [1.82, 2.24) is 0 Å². The number of hydrogen-bond acceptors (Lipinski definition) is 3. The van der Waals surface area contributed by atoms with Crippen molar-refractivity contribution in [1.29, 1.82) is 0 Å². The first kappa shape index (κ1) is 10.4. The van der Waals surface area contributed by atoms with Crippen molar-refractivity contribution >= 4 is 17.3 Å². The van der Waals surface area contributed by atoms with E-state index in [1.807, 2.05) is 18.2 Å². The number of anilines is 1. The van der Waals surface area contributed by atoms with Crippen LogP contribution in [-0.2, 0) is 9.47 Å². The Morgan fingerprint density at radius 2 is 1.81 bits per heavy atom. The van der Waals surface area contributed by atoms with Crippen LogP contribution in [0.4, 0.5) is 5.69 Å². The zero-order valence-electron chi connectivity index (χ0n) is 8.93. The SMILES string of the molecule is Clc1cccc(N(C[C@@H]2CO2)C[C@@H]2CO2)c1. The molecule has 0 bridgehead atoms. The maximum absolute atomic E-state index is 6.00. The van der Waals surface area contributed by atoms with Gasteiger partial charge in [-0.3, -0.25) is 0 Å². The molecular weight excluding hydrogens is 226 g/mol. The first-order chi connectivity index (χ1) is 7.81. The Balaban J connectivity index is 1.73. The molecule has 0 radical (unpaired) electrons. The third-order valence-corrected chi connectivity index (χ3v) is 3.06. The predicted octanol–water partition coefficient (Wildman–Crippen LogP) is 1.94. The molecule has 0 aromatic heterocycles. The fourth-order valence-electron chi connectivity index (χ4n) is 1.80. The molecule has 0 aliphatic carbocycles. The standard InChI is InChI=1S/C12H14ClNO2/c13-9-2-1-3-10(4-9)14(5-11-7-15-11)6-12-8-16-12/h1-4,11-12H,5-8H2/t11-,12-/m1/s1. The summed E-state index contributed by atoms with van der Waals surface area (Å²) >= 11 is 6.00. The van der Waals surface area contributed by atoms with Crippen molar-refractivity contribution in [2.75, 3.05) is 31.2 Å². The molecule has 4 heteroatoms. The molecule has 2 saturated heterocycles. The minimum absolute atomic E-state index is 0.387. The largest absolute Gasteiger partial charge is 0.371 e. The summed E-state index contributed by atoms with van der Waals surface area (Å²) in [6, 6.07) is 7.94. The van der Waals surface area contributed by atoms with Crippen molar-refractivity contribution in [3.63, 3.8) is 0 Å². The maximum Gasteiger partial charge on any atom is 0.0984 e. The van der Waals surface area contributed by atoms with Crippen molar-refractivity contribution in [2.45, 2.75) is 12.2 Å². The van der Waals surface area contributed by atoms with Crippen LogP contribution in [0.25, 0.3) is 0 Å². The van der Waals surface area contributed by atoms with E-state index in [1.165, 1.54) is 0 Å². The first-order valence-electron chi connectivity index (χ1n) is 5.55. The van der Waals surface area contributed by atoms with Crippen LogP contribution in [0.1, 0.15) is 0 Å². The number of hydrogen-bond donors (Lipinski definition) is 0. The second-order valence-electron chi connectivity index (χ2n) is 4.30. The number of benzene rings is 1. The molecule has 3 nitrogen and oxygen atoms in total. The van der Waals surface area contributed by atoms with Gasteiger partial charge in [-0.1, -0.05) is 17.7 Å². The molecule has 1 aromatic rings. The summed E-state index contributed by atoms with van der Waals surface area (Å²) in [5, 5.41) is 0.774. The average molecular weight is 240 g/mol.